The molecule has 0 saturated carbocycles. The first-order valence-corrected chi connectivity index (χ1v) is 5.71. The van der Waals surface area contributed by atoms with Crippen LogP contribution in [-0.2, 0) is 11.2 Å². The van der Waals surface area contributed by atoms with Gasteiger partial charge in [-0.3, -0.25) is 0 Å². The van der Waals surface area contributed by atoms with E-state index in [0.717, 1.165) is 0 Å². The Bertz CT molecular complexity index is 105. The van der Waals surface area contributed by atoms with Gasteiger partial charge in [-0.05, 0) is 0 Å². The minimum atomic E-state index is -0.703. The smallest absolute Gasteiger partial charge is 0.122 e. The van der Waals surface area contributed by atoms with Crippen molar-refractivity contribution in [1.29, 1.82) is 0 Å². The number of rotatable bonds is 2. The van der Waals surface area contributed by atoms with Crippen molar-refractivity contribution in [3.63, 3.8) is 0 Å². The van der Waals surface area contributed by atoms with Crippen molar-refractivity contribution in [2.75, 3.05) is 6.26 Å². The van der Waals surface area contributed by atoms with Gasteiger partial charge in [-0.15, -0.1) is 0 Å². The molecule has 0 aromatic heterocycles. The third kappa shape index (κ3) is 3.48. The Morgan fingerprint density at radius 3 is 1.55 bits per heavy atom. The maximum Gasteiger partial charge on any atom is 0.122 e. The molecule has 68 valence electrons. The Morgan fingerprint density at radius 1 is 1.18 bits per heavy atom. The van der Waals surface area contributed by atoms with Gasteiger partial charge in [0.1, 0.15) is 5.25 Å². The zero-order chi connectivity index (χ0) is 9.23. The van der Waals surface area contributed by atoms with E-state index >= 15 is 0 Å². The van der Waals surface area contributed by atoms with Gasteiger partial charge in [0.15, 0.2) is 0 Å². The fourth-order valence-electron chi connectivity index (χ4n) is 1.88. The van der Waals surface area contributed by atoms with Crippen LogP contribution in [0.25, 0.3) is 0 Å². The van der Waals surface area contributed by atoms with Crippen LogP contribution in [0.4, 0.5) is 0 Å². The van der Waals surface area contributed by atoms with Crippen molar-refractivity contribution in [2.24, 2.45) is 11.3 Å². The van der Waals surface area contributed by atoms with Crippen molar-refractivity contribution >= 4 is 11.2 Å². The molecule has 0 radical (unpaired) electrons. The normalized spacial score (nSPS) is 18.5. The lowest BCUT2D eigenvalue weighted by atomic mass is 9.85. The van der Waals surface area contributed by atoms with Crippen LogP contribution < -0.4 is 0 Å². The van der Waals surface area contributed by atoms with Gasteiger partial charge in [0.25, 0.3) is 0 Å². The van der Waals surface area contributed by atoms with Crippen LogP contribution in [0.3, 0.4) is 0 Å². The molecule has 0 bridgehead atoms. The SMILES string of the molecule is CC(C)C([S+](C)[O-])C(C)(C)C. The summed E-state index contributed by atoms with van der Waals surface area (Å²) in [6.07, 6.45) is 1.80. The van der Waals surface area contributed by atoms with Gasteiger partial charge in [0.05, 0.1) is 6.26 Å². The number of hydrogen-bond donors (Lipinski definition) is 0. The van der Waals surface area contributed by atoms with Crippen LogP contribution in [0.15, 0.2) is 0 Å². The van der Waals surface area contributed by atoms with Crippen LogP contribution in [0.2, 0.25) is 0 Å². The Hall–Kier alpha value is 0.310. The van der Waals surface area contributed by atoms with Gasteiger partial charge >= 0.3 is 0 Å². The summed E-state index contributed by atoms with van der Waals surface area (Å²) >= 11 is -0.703. The van der Waals surface area contributed by atoms with Crippen LogP contribution in [-0.4, -0.2) is 16.1 Å². The van der Waals surface area contributed by atoms with Gasteiger partial charge in [0.2, 0.25) is 0 Å². The fraction of sp³-hybridized carbons (Fsp3) is 1.00. The largest absolute Gasteiger partial charge is 0.616 e. The quantitative estimate of drug-likeness (QED) is 0.593. The maximum atomic E-state index is 11.3. The average Bonchev–Trinajstić information content (AvgIpc) is 1.54. The summed E-state index contributed by atoms with van der Waals surface area (Å²) in [6.45, 7) is 10.7. The van der Waals surface area contributed by atoms with E-state index in [1.165, 1.54) is 0 Å². The molecular formula is C9H20OS. The molecule has 2 unspecified atom stereocenters. The molecule has 0 aromatic carbocycles. The summed E-state index contributed by atoms with van der Waals surface area (Å²) in [7, 11) is 0. The molecule has 0 aliphatic rings. The molecule has 11 heavy (non-hydrogen) atoms. The molecule has 2 heteroatoms. The van der Waals surface area contributed by atoms with Crippen LogP contribution in [0, 0.1) is 11.3 Å². The summed E-state index contributed by atoms with van der Waals surface area (Å²) in [5.74, 6) is 0.501. The second kappa shape index (κ2) is 3.81. The molecule has 0 rings (SSSR count). The molecule has 0 spiro atoms. The molecule has 0 N–H and O–H groups in total. The summed E-state index contributed by atoms with van der Waals surface area (Å²) < 4.78 is 11.3. The van der Waals surface area contributed by atoms with Crippen LogP contribution >= 0.6 is 0 Å². The van der Waals surface area contributed by atoms with Crippen molar-refractivity contribution in [2.45, 2.75) is 39.9 Å². The monoisotopic (exact) mass is 176 g/mol. The van der Waals surface area contributed by atoms with Crippen LogP contribution in [0.1, 0.15) is 34.6 Å². The highest BCUT2D eigenvalue weighted by Gasteiger charge is 2.34. The summed E-state index contributed by atoms with van der Waals surface area (Å²) in [6, 6.07) is 0. The van der Waals surface area contributed by atoms with E-state index < -0.39 is 11.2 Å². The third-order valence-corrected chi connectivity index (χ3v) is 3.78. The molecule has 0 amide bonds. The first kappa shape index (κ1) is 11.3. The Kier molecular flexibility index (Phi) is 3.92. The molecular weight excluding hydrogens is 156 g/mol. The van der Waals surface area contributed by atoms with E-state index in [9.17, 15) is 4.55 Å². The van der Waals surface area contributed by atoms with E-state index in [1.54, 1.807) is 6.26 Å². The summed E-state index contributed by atoms with van der Waals surface area (Å²) in [5.41, 5.74) is 0.160. The van der Waals surface area contributed by atoms with Gasteiger partial charge in [0, 0.05) is 11.3 Å². The lowest BCUT2D eigenvalue weighted by molar-refractivity contribution is 0.321. The summed E-state index contributed by atoms with van der Waals surface area (Å²) in [4.78, 5) is 0. The molecule has 0 aliphatic heterocycles. The van der Waals surface area contributed by atoms with Crippen molar-refractivity contribution < 1.29 is 4.55 Å². The molecule has 0 saturated heterocycles. The highest BCUT2D eigenvalue weighted by atomic mass is 32.2. The summed E-state index contributed by atoms with van der Waals surface area (Å²) in [5, 5.41) is 0.308. The second-order valence-electron chi connectivity index (χ2n) is 4.53. The maximum absolute atomic E-state index is 11.3. The Labute approximate surface area is 73.8 Å². The minimum absolute atomic E-state index is 0.160. The molecule has 2 atom stereocenters. The van der Waals surface area contributed by atoms with E-state index in [2.05, 4.69) is 34.6 Å². The van der Waals surface area contributed by atoms with Crippen molar-refractivity contribution in [1.82, 2.24) is 0 Å². The van der Waals surface area contributed by atoms with Crippen LogP contribution in [0.5, 0.6) is 0 Å². The first-order valence-electron chi connectivity index (χ1n) is 4.09. The van der Waals surface area contributed by atoms with Gasteiger partial charge in [-0.25, -0.2) is 0 Å². The molecule has 0 fully saturated rings. The molecule has 0 heterocycles. The van der Waals surface area contributed by atoms with Crippen molar-refractivity contribution in [3.8, 4) is 0 Å². The molecule has 0 aromatic rings. The highest BCUT2D eigenvalue weighted by Crippen LogP contribution is 2.30. The van der Waals surface area contributed by atoms with Gasteiger partial charge in [-0.1, -0.05) is 45.8 Å². The predicted octanol–water partition coefficient (Wildman–Crippen LogP) is 2.44. The minimum Gasteiger partial charge on any atom is -0.616 e. The third-order valence-electron chi connectivity index (χ3n) is 1.82. The van der Waals surface area contributed by atoms with E-state index in [4.69, 9.17) is 0 Å². The lowest BCUT2D eigenvalue weighted by Gasteiger charge is -2.33. The fourth-order valence-corrected chi connectivity index (χ4v) is 3.64. The number of hydrogen-bond acceptors (Lipinski definition) is 1. The lowest BCUT2D eigenvalue weighted by Crippen LogP contribution is -2.38. The van der Waals surface area contributed by atoms with Gasteiger partial charge < -0.3 is 4.55 Å². The predicted molar refractivity (Wildman–Crippen MR) is 52.1 cm³/mol. The van der Waals surface area contributed by atoms with Crippen molar-refractivity contribution in [3.05, 3.63) is 0 Å². The van der Waals surface area contributed by atoms with Gasteiger partial charge in [-0.2, -0.15) is 0 Å². The standard InChI is InChI=1S/C9H20OS/c1-7(2)8(11(6)10)9(3,4)5/h7-8H,1-6H3. The Morgan fingerprint density at radius 2 is 1.55 bits per heavy atom. The molecule has 0 aliphatic carbocycles. The zero-order valence-corrected chi connectivity index (χ0v) is 9.29. The highest BCUT2D eigenvalue weighted by molar-refractivity contribution is 7.91. The topological polar surface area (TPSA) is 23.1 Å². The zero-order valence-electron chi connectivity index (χ0n) is 8.47. The second-order valence-corrected chi connectivity index (χ2v) is 6.03. The average molecular weight is 176 g/mol. The van der Waals surface area contributed by atoms with E-state index in [1.807, 2.05) is 0 Å². The molecule has 1 nitrogen and oxygen atoms in total. The van der Waals surface area contributed by atoms with E-state index in [-0.39, 0.29) is 5.41 Å². The first-order chi connectivity index (χ1) is 4.76. The van der Waals surface area contributed by atoms with E-state index in [0.29, 0.717) is 11.2 Å². The Balaban J connectivity index is 4.35.